The van der Waals surface area contributed by atoms with Gasteiger partial charge in [-0.1, -0.05) is 18.2 Å². The van der Waals surface area contributed by atoms with Crippen LogP contribution in [0.15, 0.2) is 60.2 Å². The SMILES string of the molecule is Cl.Cl.NC[C@H](Cc1csc2ccccc12)NC(=O)/C=C/c1c[nH]c2ncccc12. The average Bonchev–Trinajstić information content (AvgIpc) is 3.30. The van der Waals surface area contributed by atoms with Crippen LogP contribution in [0.25, 0.3) is 27.2 Å². The number of amides is 1. The van der Waals surface area contributed by atoms with Gasteiger partial charge in [0.25, 0.3) is 0 Å². The molecule has 0 bridgehead atoms. The monoisotopic (exact) mass is 448 g/mol. The smallest absolute Gasteiger partial charge is 0.244 e. The average molecular weight is 449 g/mol. The van der Waals surface area contributed by atoms with Crippen LogP contribution in [0.4, 0.5) is 0 Å². The Labute approximate surface area is 185 Å². The van der Waals surface area contributed by atoms with Crippen molar-refractivity contribution in [3.63, 3.8) is 0 Å². The highest BCUT2D eigenvalue weighted by molar-refractivity contribution is 7.17. The summed E-state index contributed by atoms with van der Waals surface area (Å²) in [5.74, 6) is -0.150. The molecule has 4 N–H and O–H groups in total. The zero-order valence-electron chi connectivity index (χ0n) is 15.5. The number of thiophene rings is 1. The van der Waals surface area contributed by atoms with E-state index < -0.39 is 0 Å². The minimum Gasteiger partial charge on any atom is -0.348 e. The number of aromatic amines is 1. The lowest BCUT2D eigenvalue weighted by molar-refractivity contribution is -0.117. The summed E-state index contributed by atoms with van der Waals surface area (Å²) in [6.07, 6.45) is 7.64. The fourth-order valence-corrected chi connectivity index (χ4v) is 4.16. The number of carbonyl (C=O) groups is 1. The van der Waals surface area contributed by atoms with Crippen molar-refractivity contribution in [2.45, 2.75) is 12.5 Å². The number of pyridine rings is 1. The lowest BCUT2D eigenvalue weighted by Crippen LogP contribution is -2.40. The van der Waals surface area contributed by atoms with E-state index in [9.17, 15) is 4.79 Å². The van der Waals surface area contributed by atoms with Crippen molar-refractivity contribution in [2.75, 3.05) is 6.54 Å². The summed E-state index contributed by atoms with van der Waals surface area (Å²) in [7, 11) is 0. The molecular weight excluding hydrogens is 427 g/mol. The van der Waals surface area contributed by atoms with Crippen molar-refractivity contribution in [1.29, 1.82) is 0 Å². The molecule has 0 unspecified atom stereocenters. The molecule has 5 nitrogen and oxygen atoms in total. The first-order valence-electron chi connectivity index (χ1n) is 8.80. The molecule has 1 aromatic carbocycles. The molecule has 0 fully saturated rings. The number of fused-ring (bicyclic) bond motifs is 2. The van der Waals surface area contributed by atoms with Gasteiger partial charge in [-0.3, -0.25) is 4.79 Å². The van der Waals surface area contributed by atoms with Crippen LogP contribution in [-0.4, -0.2) is 28.5 Å². The summed E-state index contributed by atoms with van der Waals surface area (Å²) >= 11 is 1.72. The Kier molecular flexibility index (Phi) is 8.22. The lowest BCUT2D eigenvalue weighted by Gasteiger charge is -2.15. The van der Waals surface area contributed by atoms with Gasteiger partial charge in [0.2, 0.25) is 5.91 Å². The topological polar surface area (TPSA) is 83.8 Å². The molecule has 0 aliphatic heterocycles. The second kappa shape index (κ2) is 10.4. The molecule has 8 heteroatoms. The molecule has 0 saturated carbocycles. The summed E-state index contributed by atoms with van der Waals surface area (Å²) in [6.45, 7) is 0.390. The second-order valence-corrected chi connectivity index (χ2v) is 7.29. The highest BCUT2D eigenvalue weighted by Crippen LogP contribution is 2.26. The number of benzene rings is 1. The quantitative estimate of drug-likeness (QED) is 0.384. The van der Waals surface area contributed by atoms with Crippen molar-refractivity contribution in [2.24, 2.45) is 5.73 Å². The maximum Gasteiger partial charge on any atom is 0.244 e. The van der Waals surface area contributed by atoms with Crippen LogP contribution in [0.5, 0.6) is 0 Å². The molecular formula is C21H22Cl2N4OS. The van der Waals surface area contributed by atoms with Crippen LogP contribution in [0.2, 0.25) is 0 Å². The van der Waals surface area contributed by atoms with E-state index in [0.29, 0.717) is 6.54 Å². The summed E-state index contributed by atoms with van der Waals surface area (Å²) in [5.41, 5.74) is 8.86. The number of H-pyrrole nitrogens is 1. The lowest BCUT2D eigenvalue weighted by atomic mass is 10.0. The molecule has 0 aliphatic rings. The predicted octanol–water partition coefficient (Wildman–Crippen LogP) is 4.32. The molecule has 3 aromatic heterocycles. The zero-order valence-corrected chi connectivity index (χ0v) is 17.9. The number of nitrogens with two attached hydrogens (primary N) is 1. The van der Waals surface area contributed by atoms with Gasteiger partial charge in [-0.05, 0) is 47.0 Å². The summed E-state index contributed by atoms with van der Waals surface area (Å²) in [5, 5.41) is 7.38. The van der Waals surface area contributed by atoms with E-state index in [4.69, 9.17) is 5.73 Å². The van der Waals surface area contributed by atoms with Crippen LogP contribution in [0.1, 0.15) is 11.1 Å². The number of halogens is 2. The van der Waals surface area contributed by atoms with E-state index in [0.717, 1.165) is 23.0 Å². The van der Waals surface area contributed by atoms with Gasteiger partial charge in [0.1, 0.15) is 5.65 Å². The molecule has 1 amide bonds. The predicted molar refractivity (Wildman–Crippen MR) is 126 cm³/mol. The first-order chi connectivity index (χ1) is 13.2. The summed E-state index contributed by atoms with van der Waals surface area (Å²) in [4.78, 5) is 19.7. The number of carbonyl (C=O) groups excluding carboxylic acids is 1. The maximum atomic E-state index is 12.4. The standard InChI is InChI=1S/C21H20N4OS.2ClH/c22-11-16(10-15-13-27-19-6-2-1-4-17(15)19)25-20(26)8-7-14-12-24-21-18(14)5-3-9-23-21;;/h1-9,12-13,16H,10-11,22H2,(H,23,24)(H,25,26);2*1H/b8-7+;;/t16-;;/m0../s1. The van der Waals surface area contributed by atoms with Gasteiger partial charge in [-0.2, -0.15) is 0 Å². The Balaban J connectivity index is 0.00000150. The first-order valence-corrected chi connectivity index (χ1v) is 9.68. The van der Waals surface area contributed by atoms with Crippen LogP contribution in [0.3, 0.4) is 0 Å². The number of hydrogen-bond acceptors (Lipinski definition) is 4. The number of hydrogen-bond donors (Lipinski definition) is 3. The van der Waals surface area contributed by atoms with Gasteiger partial charge in [0.15, 0.2) is 0 Å². The van der Waals surface area contributed by atoms with Gasteiger partial charge in [0.05, 0.1) is 0 Å². The minimum absolute atomic E-state index is 0. The maximum absolute atomic E-state index is 12.4. The summed E-state index contributed by atoms with van der Waals surface area (Å²) < 4.78 is 1.25. The highest BCUT2D eigenvalue weighted by Gasteiger charge is 2.13. The summed E-state index contributed by atoms with van der Waals surface area (Å²) in [6, 6.07) is 12.0. The molecule has 0 spiro atoms. The Bertz CT molecular complexity index is 1120. The molecule has 4 aromatic rings. The van der Waals surface area contributed by atoms with Gasteiger partial charge in [0, 0.05) is 46.7 Å². The minimum atomic E-state index is -0.150. The first kappa shape index (κ1) is 22.9. The number of rotatable bonds is 6. The fourth-order valence-electron chi connectivity index (χ4n) is 3.18. The van der Waals surface area contributed by atoms with Crippen molar-refractivity contribution in [3.05, 3.63) is 71.4 Å². The molecule has 1 atom stereocenters. The number of nitrogens with zero attached hydrogens (tertiary/aromatic N) is 1. The molecule has 3 heterocycles. The molecule has 152 valence electrons. The Morgan fingerprint density at radius 3 is 2.83 bits per heavy atom. The third-order valence-electron chi connectivity index (χ3n) is 4.56. The van der Waals surface area contributed by atoms with Gasteiger partial charge >= 0.3 is 0 Å². The van der Waals surface area contributed by atoms with Gasteiger partial charge in [-0.25, -0.2) is 4.98 Å². The number of aromatic nitrogens is 2. The van der Waals surface area contributed by atoms with Gasteiger partial charge < -0.3 is 16.0 Å². The van der Waals surface area contributed by atoms with Crippen LogP contribution in [-0.2, 0) is 11.2 Å². The normalized spacial score (nSPS) is 11.9. The van der Waals surface area contributed by atoms with Crippen molar-refractivity contribution in [1.82, 2.24) is 15.3 Å². The van der Waals surface area contributed by atoms with E-state index in [1.165, 1.54) is 15.6 Å². The Hall–Kier alpha value is -2.38. The van der Waals surface area contributed by atoms with E-state index in [1.54, 1.807) is 29.7 Å². The van der Waals surface area contributed by atoms with Crippen LogP contribution < -0.4 is 11.1 Å². The zero-order chi connectivity index (χ0) is 18.6. The Morgan fingerprint density at radius 1 is 1.21 bits per heavy atom. The van der Waals surface area contributed by atoms with Crippen LogP contribution in [0, 0.1) is 0 Å². The van der Waals surface area contributed by atoms with E-state index >= 15 is 0 Å². The van der Waals surface area contributed by atoms with Crippen molar-refractivity contribution >= 4 is 69.3 Å². The van der Waals surface area contributed by atoms with Crippen LogP contribution >= 0.6 is 36.2 Å². The number of nitrogens with one attached hydrogen (secondary N) is 2. The molecule has 0 radical (unpaired) electrons. The van der Waals surface area contributed by atoms with Crippen molar-refractivity contribution < 1.29 is 4.79 Å². The van der Waals surface area contributed by atoms with E-state index in [1.807, 2.05) is 30.5 Å². The fraction of sp³-hybridized carbons (Fsp3) is 0.143. The molecule has 0 aliphatic carbocycles. The molecule has 4 rings (SSSR count). The van der Waals surface area contributed by atoms with E-state index in [2.05, 4.69) is 32.8 Å². The molecule has 29 heavy (non-hydrogen) atoms. The Morgan fingerprint density at radius 2 is 2.00 bits per heavy atom. The third kappa shape index (κ3) is 5.16. The van der Waals surface area contributed by atoms with E-state index in [-0.39, 0.29) is 36.8 Å². The highest BCUT2D eigenvalue weighted by atomic mass is 35.5. The molecule has 0 saturated heterocycles. The van der Waals surface area contributed by atoms with Crippen molar-refractivity contribution in [3.8, 4) is 0 Å². The second-order valence-electron chi connectivity index (χ2n) is 6.38. The largest absolute Gasteiger partial charge is 0.348 e. The van der Waals surface area contributed by atoms with Gasteiger partial charge in [-0.15, -0.1) is 36.2 Å². The third-order valence-corrected chi connectivity index (χ3v) is 5.57.